The van der Waals surface area contributed by atoms with Crippen LogP contribution in [-0.4, -0.2) is 48.3 Å². The number of piperidine rings is 1. The molecule has 3 unspecified atom stereocenters. The van der Waals surface area contributed by atoms with Crippen molar-refractivity contribution in [2.45, 2.75) is 96.7 Å². The highest BCUT2D eigenvalue weighted by Crippen LogP contribution is 2.35. The van der Waals surface area contributed by atoms with Crippen LogP contribution in [0.15, 0.2) is 0 Å². The van der Waals surface area contributed by atoms with E-state index in [0.29, 0.717) is 12.1 Å². The smallest absolute Gasteiger partial charge is 0.410 e. The van der Waals surface area contributed by atoms with Gasteiger partial charge in [-0.2, -0.15) is 0 Å². The summed E-state index contributed by atoms with van der Waals surface area (Å²) in [5.74, 6) is 0. The van der Waals surface area contributed by atoms with Crippen LogP contribution in [0.4, 0.5) is 4.79 Å². The quantitative estimate of drug-likeness (QED) is 0.791. The van der Waals surface area contributed by atoms with Crippen molar-refractivity contribution in [1.29, 1.82) is 0 Å². The second kappa shape index (κ2) is 8.72. The van der Waals surface area contributed by atoms with Crippen molar-refractivity contribution in [3.8, 4) is 0 Å². The first-order chi connectivity index (χ1) is 11.7. The van der Waals surface area contributed by atoms with E-state index >= 15 is 0 Å². The maximum absolute atomic E-state index is 12.5. The molecule has 2 fully saturated rings. The van der Waals surface area contributed by atoms with E-state index in [1.165, 1.54) is 19.3 Å². The van der Waals surface area contributed by atoms with Gasteiger partial charge in [0.25, 0.3) is 0 Å². The Kier molecular flexibility index (Phi) is 7.15. The molecule has 1 saturated heterocycles. The topological polar surface area (TPSA) is 67.6 Å². The zero-order chi connectivity index (χ0) is 18.5. The van der Waals surface area contributed by atoms with Gasteiger partial charge in [0.15, 0.2) is 0 Å². The van der Waals surface area contributed by atoms with Crippen LogP contribution in [0.2, 0.25) is 0 Å². The lowest BCUT2D eigenvalue weighted by atomic mass is 9.75. The van der Waals surface area contributed by atoms with Gasteiger partial charge >= 0.3 is 6.09 Å². The average Bonchev–Trinajstić information content (AvgIpc) is 2.52. The molecule has 146 valence electrons. The molecule has 0 aromatic rings. The van der Waals surface area contributed by atoms with Crippen LogP contribution in [0.3, 0.4) is 0 Å². The standard InChI is InChI=1S/C20H39N3O2/c1-5-10-20(14-22-17-9-6-8-16(21)13-17)11-7-12-23(15-20)18(24)25-19(2,3)4/h16-17,22H,5-15,21H2,1-4H3. The Labute approximate surface area is 154 Å². The molecule has 1 heterocycles. The number of likely N-dealkylation sites (tertiary alicyclic amines) is 1. The van der Waals surface area contributed by atoms with E-state index in [2.05, 4.69) is 12.2 Å². The lowest BCUT2D eigenvalue weighted by molar-refractivity contribution is 0.00175. The molecule has 1 aliphatic carbocycles. The van der Waals surface area contributed by atoms with Gasteiger partial charge in [-0.3, -0.25) is 0 Å². The fraction of sp³-hybridized carbons (Fsp3) is 0.950. The van der Waals surface area contributed by atoms with E-state index in [1.807, 2.05) is 25.7 Å². The molecule has 25 heavy (non-hydrogen) atoms. The van der Waals surface area contributed by atoms with Crippen LogP contribution < -0.4 is 11.1 Å². The van der Waals surface area contributed by atoms with Crippen LogP contribution in [0, 0.1) is 5.41 Å². The zero-order valence-electron chi connectivity index (χ0n) is 16.8. The molecule has 1 aliphatic heterocycles. The first-order valence-corrected chi connectivity index (χ1v) is 10.2. The summed E-state index contributed by atoms with van der Waals surface area (Å²) in [5, 5.41) is 3.80. The summed E-state index contributed by atoms with van der Waals surface area (Å²) in [6.45, 7) is 10.6. The van der Waals surface area contributed by atoms with Crippen molar-refractivity contribution in [2.75, 3.05) is 19.6 Å². The molecule has 3 N–H and O–H groups in total. The van der Waals surface area contributed by atoms with Crippen molar-refractivity contribution < 1.29 is 9.53 Å². The van der Waals surface area contributed by atoms with Gasteiger partial charge in [0.2, 0.25) is 0 Å². The monoisotopic (exact) mass is 353 g/mol. The summed E-state index contributed by atoms with van der Waals surface area (Å²) >= 11 is 0. The number of amides is 1. The number of ether oxygens (including phenoxy) is 1. The second-order valence-electron chi connectivity index (χ2n) is 9.26. The zero-order valence-corrected chi connectivity index (χ0v) is 16.8. The summed E-state index contributed by atoms with van der Waals surface area (Å²) in [4.78, 5) is 14.5. The van der Waals surface area contributed by atoms with E-state index in [-0.39, 0.29) is 11.5 Å². The van der Waals surface area contributed by atoms with Crippen molar-refractivity contribution in [1.82, 2.24) is 10.2 Å². The third-order valence-corrected chi connectivity index (χ3v) is 5.57. The highest BCUT2D eigenvalue weighted by molar-refractivity contribution is 5.68. The Hall–Kier alpha value is -0.810. The molecule has 5 nitrogen and oxygen atoms in total. The van der Waals surface area contributed by atoms with Crippen LogP contribution in [0.5, 0.6) is 0 Å². The normalized spacial score (nSPS) is 31.0. The van der Waals surface area contributed by atoms with Crippen LogP contribution in [0.1, 0.15) is 79.1 Å². The van der Waals surface area contributed by atoms with Crippen molar-refractivity contribution in [3.63, 3.8) is 0 Å². The summed E-state index contributed by atoms with van der Waals surface area (Å²) in [6, 6.07) is 0.882. The van der Waals surface area contributed by atoms with Gasteiger partial charge in [0.1, 0.15) is 5.60 Å². The Morgan fingerprint density at radius 1 is 1.32 bits per heavy atom. The summed E-state index contributed by atoms with van der Waals surface area (Å²) in [7, 11) is 0. The largest absolute Gasteiger partial charge is 0.444 e. The predicted octanol–water partition coefficient (Wildman–Crippen LogP) is 3.66. The lowest BCUT2D eigenvalue weighted by Crippen LogP contribution is -2.53. The number of carbonyl (C=O) groups is 1. The van der Waals surface area contributed by atoms with Gasteiger partial charge in [-0.25, -0.2) is 4.79 Å². The number of carbonyl (C=O) groups excluding carboxylic acids is 1. The van der Waals surface area contributed by atoms with Crippen molar-refractivity contribution in [3.05, 3.63) is 0 Å². The van der Waals surface area contributed by atoms with Crippen LogP contribution >= 0.6 is 0 Å². The fourth-order valence-electron chi connectivity index (χ4n) is 4.43. The summed E-state index contributed by atoms with van der Waals surface area (Å²) in [5.41, 5.74) is 5.88. The van der Waals surface area contributed by atoms with Gasteiger partial charge in [-0.15, -0.1) is 0 Å². The predicted molar refractivity (Wildman–Crippen MR) is 103 cm³/mol. The second-order valence-corrected chi connectivity index (χ2v) is 9.26. The van der Waals surface area contributed by atoms with E-state index in [0.717, 1.165) is 51.7 Å². The molecule has 1 amide bonds. The third kappa shape index (κ3) is 6.45. The van der Waals surface area contributed by atoms with Crippen LogP contribution in [-0.2, 0) is 4.74 Å². The Morgan fingerprint density at radius 3 is 2.72 bits per heavy atom. The van der Waals surface area contributed by atoms with E-state index in [4.69, 9.17) is 10.5 Å². The molecule has 0 aromatic carbocycles. The molecule has 5 heteroatoms. The minimum Gasteiger partial charge on any atom is -0.444 e. The van der Waals surface area contributed by atoms with Gasteiger partial charge in [-0.1, -0.05) is 19.8 Å². The van der Waals surface area contributed by atoms with Crippen molar-refractivity contribution in [2.24, 2.45) is 11.1 Å². The van der Waals surface area contributed by atoms with Crippen molar-refractivity contribution >= 4 is 6.09 Å². The Balaban J connectivity index is 1.96. The number of hydrogen-bond acceptors (Lipinski definition) is 4. The average molecular weight is 354 g/mol. The lowest BCUT2D eigenvalue weighted by Gasteiger charge is -2.44. The number of nitrogens with zero attached hydrogens (tertiary/aromatic N) is 1. The maximum Gasteiger partial charge on any atom is 0.410 e. The van der Waals surface area contributed by atoms with Gasteiger partial charge in [0, 0.05) is 37.1 Å². The number of rotatable bonds is 5. The van der Waals surface area contributed by atoms with Gasteiger partial charge in [-0.05, 0) is 59.3 Å². The first-order valence-electron chi connectivity index (χ1n) is 10.2. The minimum absolute atomic E-state index is 0.160. The molecule has 2 rings (SSSR count). The van der Waals surface area contributed by atoms with E-state index < -0.39 is 5.60 Å². The summed E-state index contributed by atoms with van der Waals surface area (Å²) < 4.78 is 5.61. The molecule has 0 aromatic heterocycles. The van der Waals surface area contributed by atoms with Gasteiger partial charge in [0.05, 0.1) is 0 Å². The van der Waals surface area contributed by atoms with E-state index in [9.17, 15) is 4.79 Å². The minimum atomic E-state index is -0.432. The molecule has 0 radical (unpaired) electrons. The number of nitrogens with two attached hydrogens (primary N) is 1. The molecule has 3 atom stereocenters. The fourth-order valence-corrected chi connectivity index (χ4v) is 4.43. The molecule has 2 aliphatic rings. The number of hydrogen-bond donors (Lipinski definition) is 2. The molecule has 1 saturated carbocycles. The molecule has 0 spiro atoms. The highest BCUT2D eigenvalue weighted by Gasteiger charge is 2.38. The SMILES string of the molecule is CCCC1(CNC2CCCC(N)C2)CCCN(C(=O)OC(C)(C)C)C1. The number of nitrogens with one attached hydrogen (secondary N) is 1. The highest BCUT2D eigenvalue weighted by atomic mass is 16.6. The van der Waals surface area contributed by atoms with Gasteiger partial charge < -0.3 is 20.7 Å². The molecular formula is C20H39N3O2. The molecular weight excluding hydrogens is 314 g/mol. The third-order valence-electron chi connectivity index (χ3n) is 5.57. The first kappa shape index (κ1) is 20.5. The van der Waals surface area contributed by atoms with E-state index in [1.54, 1.807) is 0 Å². The maximum atomic E-state index is 12.5. The van der Waals surface area contributed by atoms with Crippen LogP contribution in [0.25, 0.3) is 0 Å². The Bertz CT molecular complexity index is 431. The molecule has 0 bridgehead atoms. The Morgan fingerprint density at radius 2 is 2.08 bits per heavy atom. The summed E-state index contributed by atoms with van der Waals surface area (Å²) in [6.07, 6.45) is 9.08.